The van der Waals surface area contributed by atoms with E-state index in [1.807, 2.05) is 0 Å². The van der Waals surface area contributed by atoms with Gasteiger partial charge < -0.3 is 25.4 Å². The molecule has 32 heavy (non-hydrogen) atoms. The highest BCUT2D eigenvalue weighted by molar-refractivity contribution is 6.04. The maximum Gasteiger partial charge on any atom is 0.416 e. The third kappa shape index (κ3) is 4.16. The zero-order valence-electron chi connectivity index (χ0n) is 16.6. The van der Waals surface area contributed by atoms with Gasteiger partial charge in [-0.2, -0.15) is 13.2 Å². The Morgan fingerprint density at radius 2 is 1.97 bits per heavy atom. The lowest BCUT2D eigenvalue weighted by atomic mass is 10.1. The topological polar surface area (TPSA) is 115 Å². The number of hydrogen-bond donors (Lipinski definition) is 4. The molecule has 2 heterocycles. The van der Waals surface area contributed by atoms with Gasteiger partial charge >= 0.3 is 6.18 Å². The fourth-order valence-electron chi connectivity index (χ4n) is 3.61. The lowest BCUT2D eigenvalue weighted by Crippen LogP contribution is -2.55. The fraction of sp³-hybridized carbons (Fsp3) is 0.286. The minimum atomic E-state index is -4.50. The van der Waals surface area contributed by atoms with Crippen LogP contribution in [0.15, 0.2) is 42.5 Å². The van der Waals surface area contributed by atoms with Crippen LogP contribution < -0.4 is 15.5 Å². The Balaban J connectivity index is 1.45. The molecule has 2 atom stereocenters. The molecule has 0 bridgehead atoms. The van der Waals surface area contributed by atoms with Gasteiger partial charge in [-0.3, -0.25) is 15.0 Å². The van der Waals surface area contributed by atoms with Crippen molar-refractivity contribution in [3.63, 3.8) is 0 Å². The quantitative estimate of drug-likeness (QED) is 0.570. The van der Waals surface area contributed by atoms with E-state index in [2.05, 4.69) is 10.6 Å². The first kappa shape index (κ1) is 21.8. The van der Waals surface area contributed by atoms with E-state index in [1.54, 1.807) is 18.2 Å². The van der Waals surface area contributed by atoms with Crippen molar-refractivity contribution in [1.82, 2.24) is 5.32 Å². The molecule has 0 radical (unpaired) electrons. The average Bonchev–Trinajstić information content (AvgIpc) is 3.13. The highest BCUT2D eigenvalue weighted by Crippen LogP contribution is 2.31. The molecule has 0 saturated carbocycles. The van der Waals surface area contributed by atoms with Crippen LogP contribution >= 0.6 is 0 Å². The second-order valence-corrected chi connectivity index (χ2v) is 7.36. The van der Waals surface area contributed by atoms with Crippen molar-refractivity contribution >= 4 is 29.0 Å². The Labute approximate surface area is 180 Å². The molecule has 2 aromatic carbocycles. The zero-order valence-corrected chi connectivity index (χ0v) is 16.6. The fourth-order valence-corrected chi connectivity index (χ4v) is 3.61. The van der Waals surface area contributed by atoms with E-state index in [1.165, 1.54) is 4.90 Å². The molecule has 168 valence electrons. The van der Waals surface area contributed by atoms with Gasteiger partial charge in [-0.15, -0.1) is 0 Å². The number of morpholine rings is 1. The smallest absolute Gasteiger partial charge is 0.380 e. The molecular formula is C21H19F3N4O4. The number of fused-ring (bicyclic) bond motifs is 1. The molecule has 0 aromatic heterocycles. The van der Waals surface area contributed by atoms with E-state index >= 15 is 0 Å². The van der Waals surface area contributed by atoms with Gasteiger partial charge in [-0.05, 0) is 48.0 Å². The molecule has 0 unspecified atom stereocenters. The number of carbonyl (C=O) groups excluding carboxylic acids is 2. The number of benzene rings is 2. The monoisotopic (exact) mass is 448 g/mol. The first-order valence-corrected chi connectivity index (χ1v) is 9.70. The summed E-state index contributed by atoms with van der Waals surface area (Å²) in [7, 11) is 0. The summed E-state index contributed by atoms with van der Waals surface area (Å²) in [6.07, 6.45) is -7.84. The van der Waals surface area contributed by atoms with Crippen LogP contribution in [0.5, 0.6) is 0 Å². The number of aliphatic hydroxyl groups is 1. The molecule has 4 rings (SSSR count). The summed E-state index contributed by atoms with van der Waals surface area (Å²) in [6, 6.07) is 8.93. The summed E-state index contributed by atoms with van der Waals surface area (Å²) >= 11 is 0. The number of amides is 2. The Morgan fingerprint density at radius 1 is 1.25 bits per heavy atom. The number of halogens is 3. The van der Waals surface area contributed by atoms with E-state index in [-0.39, 0.29) is 24.7 Å². The summed E-state index contributed by atoms with van der Waals surface area (Å²) in [6.45, 7) is 0.500. The predicted molar refractivity (Wildman–Crippen MR) is 108 cm³/mol. The Kier molecular flexibility index (Phi) is 5.61. The Bertz CT molecular complexity index is 1070. The largest absolute Gasteiger partial charge is 0.416 e. The molecule has 1 saturated heterocycles. The third-order valence-electron chi connectivity index (χ3n) is 5.28. The molecule has 0 spiro atoms. The molecule has 2 aromatic rings. The van der Waals surface area contributed by atoms with Gasteiger partial charge in [0, 0.05) is 30.0 Å². The van der Waals surface area contributed by atoms with Crippen molar-refractivity contribution < 1.29 is 32.6 Å². The number of hydrogen-bond acceptors (Lipinski definition) is 5. The van der Waals surface area contributed by atoms with E-state index in [9.17, 15) is 27.9 Å². The van der Waals surface area contributed by atoms with Crippen LogP contribution in [0.4, 0.5) is 24.5 Å². The average molecular weight is 448 g/mol. The van der Waals surface area contributed by atoms with E-state index in [0.717, 1.165) is 29.8 Å². The number of anilines is 2. The molecule has 2 amide bonds. The van der Waals surface area contributed by atoms with Gasteiger partial charge in [0.2, 0.25) is 0 Å². The van der Waals surface area contributed by atoms with Crippen LogP contribution in [0.25, 0.3) is 0 Å². The van der Waals surface area contributed by atoms with Crippen molar-refractivity contribution in [3.8, 4) is 0 Å². The highest BCUT2D eigenvalue weighted by atomic mass is 19.4. The van der Waals surface area contributed by atoms with Crippen molar-refractivity contribution in [2.24, 2.45) is 0 Å². The molecule has 11 heteroatoms. The van der Waals surface area contributed by atoms with Crippen LogP contribution in [-0.2, 0) is 27.0 Å². The van der Waals surface area contributed by atoms with Crippen LogP contribution in [0.3, 0.4) is 0 Å². The maximum atomic E-state index is 12.8. The maximum absolute atomic E-state index is 12.8. The molecule has 4 N–H and O–H groups in total. The SMILES string of the molecule is N=C1NCc2cc(NC(=O)[C@H](O)[C@H]3OCCN(c4ccc(C(F)(F)F)cc4)C3=O)ccc21. The second-order valence-electron chi connectivity index (χ2n) is 7.36. The minimum Gasteiger partial charge on any atom is -0.380 e. The number of nitrogens with one attached hydrogen (secondary N) is 3. The lowest BCUT2D eigenvalue weighted by molar-refractivity contribution is -0.150. The third-order valence-corrected chi connectivity index (χ3v) is 5.28. The van der Waals surface area contributed by atoms with E-state index < -0.39 is 35.8 Å². The minimum absolute atomic E-state index is 0.00556. The summed E-state index contributed by atoms with van der Waals surface area (Å²) in [5.74, 6) is -1.31. The number of ether oxygens (including phenoxy) is 1. The number of alkyl halides is 3. The second kappa shape index (κ2) is 8.24. The summed E-state index contributed by atoms with van der Waals surface area (Å²) in [5.41, 5.74) is 1.25. The van der Waals surface area contributed by atoms with E-state index in [0.29, 0.717) is 17.8 Å². The Hall–Kier alpha value is -3.44. The first-order chi connectivity index (χ1) is 15.1. The summed E-state index contributed by atoms with van der Waals surface area (Å²) < 4.78 is 43.6. The zero-order chi connectivity index (χ0) is 23.0. The van der Waals surface area contributed by atoms with Gasteiger partial charge in [0.1, 0.15) is 5.84 Å². The van der Waals surface area contributed by atoms with Gasteiger partial charge in [0.05, 0.1) is 12.2 Å². The normalized spacial score (nSPS) is 19.4. The van der Waals surface area contributed by atoms with Crippen LogP contribution in [0.2, 0.25) is 0 Å². The number of rotatable bonds is 4. The van der Waals surface area contributed by atoms with Crippen molar-refractivity contribution in [3.05, 3.63) is 59.2 Å². The molecule has 1 fully saturated rings. The lowest BCUT2D eigenvalue weighted by Gasteiger charge is -2.34. The Morgan fingerprint density at radius 3 is 2.66 bits per heavy atom. The molecule has 0 aliphatic carbocycles. The van der Waals surface area contributed by atoms with E-state index in [4.69, 9.17) is 10.1 Å². The number of nitrogens with zero attached hydrogens (tertiary/aromatic N) is 1. The summed E-state index contributed by atoms with van der Waals surface area (Å²) in [4.78, 5) is 26.5. The van der Waals surface area contributed by atoms with Crippen LogP contribution in [0.1, 0.15) is 16.7 Å². The van der Waals surface area contributed by atoms with Crippen molar-refractivity contribution in [2.75, 3.05) is 23.4 Å². The molecule has 2 aliphatic heterocycles. The van der Waals surface area contributed by atoms with Gasteiger partial charge in [0.15, 0.2) is 12.2 Å². The number of carbonyl (C=O) groups is 2. The molecule has 8 nitrogen and oxygen atoms in total. The van der Waals surface area contributed by atoms with Crippen LogP contribution in [-0.4, -0.2) is 48.1 Å². The number of aliphatic hydroxyl groups excluding tert-OH is 1. The number of amidine groups is 1. The summed E-state index contributed by atoms with van der Waals surface area (Å²) in [5, 5.41) is 23.6. The highest BCUT2D eigenvalue weighted by Gasteiger charge is 2.39. The first-order valence-electron chi connectivity index (χ1n) is 9.70. The standard InChI is InChI=1S/C21H19F3N4O4/c22-21(23,24)12-1-4-14(5-2-12)28-7-8-32-17(20(28)31)16(29)19(30)27-13-3-6-15-11(9-13)10-26-18(15)25/h1-6,9,16-17,29H,7-8,10H2,(H2,25,26)(H,27,30)/t16-,17-/m1/s1. The molecular weight excluding hydrogens is 429 g/mol. The molecule has 2 aliphatic rings. The predicted octanol–water partition coefficient (Wildman–Crippen LogP) is 1.87. The van der Waals surface area contributed by atoms with Gasteiger partial charge in [-0.25, -0.2) is 0 Å². The van der Waals surface area contributed by atoms with Crippen molar-refractivity contribution in [1.29, 1.82) is 5.41 Å². The van der Waals surface area contributed by atoms with Crippen LogP contribution in [0, 0.1) is 5.41 Å². The van der Waals surface area contributed by atoms with Gasteiger partial charge in [-0.1, -0.05) is 0 Å². The van der Waals surface area contributed by atoms with Gasteiger partial charge in [0.25, 0.3) is 11.8 Å². The van der Waals surface area contributed by atoms with Crippen molar-refractivity contribution in [2.45, 2.75) is 24.9 Å².